The van der Waals surface area contributed by atoms with E-state index in [4.69, 9.17) is 11.6 Å². The van der Waals surface area contributed by atoms with Crippen molar-refractivity contribution in [2.24, 2.45) is 5.92 Å². The van der Waals surface area contributed by atoms with Crippen molar-refractivity contribution < 1.29 is 13.5 Å². The number of rotatable bonds is 4. The topological polar surface area (TPSA) is 54.4 Å². The maximum Gasteiger partial charge on any atom is 0.153 e. The van der Waals surface area contributed by atoms with Crippen LogP contribution >= 0.6 is 11.6 Å². The zero-order valence-corrected chi connectivity index (χ0v) is 11.1. The van der Waals surface area contributed by atoms with Crippen molar-refractivity contribution in [3.8, 4) is 0 Å². The average molecular weight is 275 g/mol. The molecule has 0 heterocycles. The zero-order valence-electron chi connectivity index (χ0n) is 9.51. The largest absolute Gasteiger partial charge is 0.396 e. The predicted octanol–water partition coefficient (Wildman–Crippen LogP) is 1.85. The molecule has 5 heteroatoms. The highest BCUT2D eigenvalue weighted by molar-refractivity contribution is 7.92. The Morgan fingerprint density at radius 3 is 2.35 bits per heavy atom. The van der Waals surface area contributed by atoms with Crippen LogP contribution in [0.5, 0.6) is 0 Å². The molecule has 0 spiro atoms. The minimum Gasteiger partial charge on any atom is -0.396 e. The van der Waals surface area contributed by atoms with E-state index in [0.29, 0.717) is 5.02 Å². The summed E-state index contributed by atoms with van der Waals surface area (Å²) in [6.45, 7) is 1.55. The molecule has 1 aromatic rings. The predicted molar refractivity (Wildman–Crippen MR) is 68.0 cm³/mol. The Morgan fingerprint density at radius 1 is 1.29 bits per heavy atom. The summed E-state index contributed by atoms with van der Waals surface area (Å²) in [6.07, 6.45) is 0. The summed E-state index contributed by atoms with van der Waals surface area (Å²) < 4.78 is 23.7. The SMILES string of the molecule is CCS(=O)(=O)[C@@H]1[C@H](CO)[C@H]1c1ccc(Cl)cc1. The van der Waals surface area contributed by atoms with Crippen LogP contribution in [0.3, 0.4) is 0 Å². The number of aliphatic hydroxyl groups excluding tert-OH is 1. The van der Waals surface area contributed by atoms with Gasteiger partial charge in [-0.1, -0.05) is 30.7 Å². The first-order valence-electron chi connectivity index (χ1n) is 5.59. The molecule has 3 nitrogen and oxygen atoms in total. The van der Waals surface area contributed by atoms with E-state index < -0.39 is 15.1 Å². The van der Waals surface area contributed by atoms with Crippen LogP contribution in [0.2, 0.25) is 5.02 Å². The lowest BCUT2D eigenvalue weighted by molar-refractivity contribution is 0.274. The molecular formula is C12H15ClO3S. The van der Waals surface area contributed by atoms with E-state index in [2.05, 4.69) is 0 Å². The van der Waals surface area contributed by atoms with Gasteiger partial charge in [-0.2, -0.15) is 0 Å². The number of hydrogen-bond donors (Lipinski definition) is 1. The van der Waals surface area contributed by atoms with Gasteiger partial charge in [0, 0.05) is 29.2 Å². The van der Waals surface area contributed by atoms with Crippen LogP contribution in [0.25, 0.3) is 0 Å². The molecule has 1 fully saturated rings. The summed E-state index contributed by atoms with van der Waals surface area (Å²) >= 11 is 5.79. The highest BCUT2D eigenvalue weighted by atomic mass is 35.5. The second kappa shape index (κ2) is 4.59. The summed E-state index contributed by atoms with van der Waals surface area (Å²) in [5.41, 5.74) is 0.940. The smallest absolute Gasteiger partial charge is 0.153 e. The molecule has 0 bridgehead atoms. The van der Waals surface area contributed by atoms with E-state index in [9.17, 15) is 13.5 Å². The minimum absolute atomic E-state index is 0.0813. The van der Waals surface area contributed by atoms with Gasteiger partial charge in [-0.05, 0) is 17.7 Å². The fraction of sp³-hybridized carbons (Fsp3) is 0.500. The molecule has 2 rings (SSSR count). The number of sulfone groups is 1. The molecular weight excluding hydrogens is 260 g/mol. The van der Waals surface area contributed by atoms with Crippen LogP contribution in [0.15, 0.2) is 24.3 Å². The first kappa shape index (κ1) is 12.9. The average Bonchev–Trinajstić information content (AvgIpc) is 3.05. The molecule has 1 N–H and O–H groups in total. The zero-order chi connectivity index (χ0) is 12.6. The molecule has 17 heavy (non-hydrogen) atoms. The summed E-state index contributed by atoms with van der Waals surface area (Å²) in [5.74, 6) is -0.124. The van der Waals surface area contributed by atoms with Gasteiger partial charge >= 0.3 is 0 Å². The van der Waals surface area contributed by atoms with Gasteiger partial charge in [0.05, 0.1) is 5.25 Å². The van der Waals surface area contributed by atoms with Crippen molar-refractivity contribution in [3.05, 3.63) is 34.9 Å². The maximum absolute atomic E-state index is 11.8. The van der Waals surface area contributed by atoms with Gasteiger partial charge in [0.25, 0.3) is 0 Å². The molecule has 3 atom stereocenters. The molecule has 0 unspecified atom stereocenters. The third-order valence-corrected chi connectivity index (χ3v) is 5.91. The number of halogens is 1. The number of aliphatic hydroxyl groups is 1. The van der Waals surface area contributed by atoms with Crippen LogP contribution < -0.4 is 0 Å². The first-order chi connectivity index (χ1) is 8.01. The molecule has 94 valence electrons. The van der Waals surface area contributed by atoms with Gasteiger partial charge in [0.15, 0.2) is 9.84 Å². The number of benzene rings is 1. The number of hydrogen-bond acceptors (Lipinski definition) is 3. The van der Waals surface area contributed by atoms with E-state index in [0.717, 1.165) is 5.56 Å². The third-order valence-electron chi connectivity index (χ3n) is 3.38. The van der Waals surface area contributed by atoms with Crippen molar-refractivity contribution in [2.75, 3.05) is 12.4 Å². The summed E-state index contributed by atoms with van der Waals surface area (Å²) in [5, 5.41) is 9.43. The quantitative estimate of drug-likeness (QED) is 0.912. The van der Waals surface area contributed by atoms with Gasteiger partial charge in [-0.25, -0.2) is 8.42 Å². The van der Waals surface area contributed by atoms with E-state index in [-0.39, 0.29) is 24.2 Å². The second-order valence-electron chi connectivity index (χ2n) is 4.34. The van der Waals surface area contributed by atoms with Crippen molar-refractivity contribution >= 4 is 21.4 Å². The molecule has 0 aromatic heterocycles. The Hall–Kier alpha value is -0.580. The van der Waals surface area contributed by atoms with Crippen LogP contribution in [0, 0.1) is 5.92 Å². The highest BCUT2D eigenvalue weighted by Crippen LogP contribution is 2.52. The molecule has 1 aromatic carbocycles. The Morgan fingerprint density at radius 2 is 1.88 bits per heavy atom. The molecule has 0 aliphatic heterocycles. The van der Waals surface area contributed by atoms with E-state index >= 15 is 0 Å². The molecule has 1 saturated carbocycles. The van der Waals surface area contributed by atoms with Gasteiger partial charge in [-0.3, -0.25) is 0 Å². The highest BCUT2D eigenvalue weighted by Gasteiger charge is 2.57. The Bertz CT molecular complexity index is 495. The van der Waals surface area contributed by atoms with E-state index in [1.54, 1.807) is 19.1 Å². The van der Waals surface area contributed by atoms with Crippen molar-refractivity contribution in [2.45, 2.75) is 18.1 Å². The van der Waals surface area contributed by atoms with Crippen molar-refractivity contribution in [1.29, 1.82) is 0 Å². The Kier molecular flexibility index (Phi) is 3.48. The summed E-state index contributed by atoms with van der Waals surface area (Å²) in [4.78, 5) is 0. The van der Waals surface area contributed by atoms with E-state index in [1.165, 1.54) is 0 Å². The Balaban J connectivity index is 2.26. The van der Waals surface area contributed by atoms with Crippen molar-refractivity contribution in [1.82, 2.24) is 0 Å². The van der Waals surface area contributed by atoms with Gasteiger partial charge < -0.3 is 5.11 Å². The monoisotopic (exact) mass is 274 g/mol. The fourth-order valence-electron chi connectivity index (χ4n) is 2.36. The molecule has 0 amide bonds. The van der Waals surface area contributed by atoms with Gasteiger partial charge in [-0.15, -0.1) is 0 Å². The van der Waals surface area contributed by atoms with E-state index in [1.807, 2.05) is 12.1 Å². The first-order valence-corrected chi connectivity index (χ1v) is 7.68. The standard InChI is InChI=1S/C12H15ClO3S/c1-2-17(15,16)12-10(7-14)11(12)8-3-5-9(13)6-4-8/h3-6,10-12,14H,2,7H2,1H3/t10-,11-,12-/m1/s1. The molecule has 0 radical (unpaired) electrons. The van der Waals surface area contributed by atoms with Crippen molar-refractivity contribution in [3.63, 3.8) is 0 Å². The second-order valence-corrected chi connectivity index (χ2v) is 7.22. The van der Waals surface area contributed by atoms with Crippen LogP contribution in [-0.2, 0) is 9.84 Å². The molecule has 1 aliphatic carbocycles. The fourth-order valence-corrected chi connectivity index (χ4v) is 4.38. The van der Waals surface area contributed by atoms with Crippen LogP contribution in [0.1, 0.15) is 18.4 Å². The summed E-state index contributed by atoms with van der Waals surface area (Å²) in [7, 11) is -3.09. The Labute approximate surface area is 106 Å². The minimum atomic E-state index is -3.09. The lowest BCUT2D eigenvalue weighted by Gasteiger charge is -2.00. The normalized spacial score (nSPS) is 28.1. The van der Waals surface area contributed by atoms with Gasteiger partial charge in [0.1, 0.15) is 0 Å². The molecule has 1 aliphatic rings. The molecule has 0 saturated heterocycles. The lowest BCUT2D eigenvalue weighted by atomic mass is 10.1. The third kappa shape index (κ3) is 2.34. The van der Waals surface area contributed by atoms with Crippen LogP contribution in [0.4, 0.5) is 0 Å². The van der Waals surface area contributed by atoms with Gasteiger partial charge in [0.2, 0.25) is 0 Å². The summed E-state index contributed by atoms with van der Waals surface area (Å²) in [6, 6.07) is 7.17. The van der Waals surface area contributed by atoms with Crippen LogP contribution in [-0.4, -0.2) is 31.1 Å². The maximum atomic E-state index is 11.8. The lowest BCUT2D eigenvalue weighted by Crippen LogP contribution is -2.13.